The number of hydrogen-bond donors (Lipinski definition) is 2. The minimum Gasteiger partial charge on any atom is -0.508 e. The summed E-state index contributed by atoms with van der Waals surface area (Å²) >= 11 is 0. The molecule has 0 aromatic heterocycles. The summed E-state index contributed by atoms with van der Waals surface area (Å²) in [5.41, 5.74) is 0.909. The lowest BCUT2D eigenvalue weighted by molar-refractivity contribution is -0.115. The van der Waals surface area contributed by atoms with Gasteiger partial charge in [0, 0.05) is 17.5 Å². The van der Waals surface area contributed by atoms with Gasteiger partial charge in [0.05, 0.1) is 0 Å². The fourth-order valence-electron chi connectivity index (χ4n) is 1.19. The fourth-order valence-corrected chi connectivity index (χ4v) is 1.64. The van der Waals surface area contributed by atoms with Gasteiger partial charge in [0.1, 0.15) is 11.0 Å². The molecule has 1 amide bonds. The number of carbonyl (C=O) groups excluding carboxylic acids is 1. The highest BCUT2D eigenvalue weighted by molar-refractivity contribution is 7.92. The van der Waals surface area contributed by atoms with E-state index in [0.29, 0.717) is 11.3 Å². The van der Waals surface area contributed by atoms with Gasteiger partial charge in [-0.1, -0.05) is 6.07 Å². The van der Waals surface area contributed by atoms with E-state index < -0.39 is 21.0 Å². The summed E-state index contributed by atoms with van der Waals surface area (Å²) in [5.74, 6) is -0.559. The molecule has 0 aliphatic rings. The normalized spacial score (nSPS) is 13.1. The Morgan fingerprint density at radius 2 is 2.00 bits per heavy atom. The Kier molecular flexibility index (Phi) is 3.77. The molecule has 2 N–H and O–H groups in total. The van der Waals surface area contributed by atoms with Gasteiger partial charge in [-0.3, -0.25) is 4.79 Å². The zero-order valence-electron chi connectivity index (χ0n) is 9.89. The van der Waals surface area contributed by atoms with Crippen LogP contribution in [0.2, 0.25) is 0 Å². The second kappa shape index (κ2) is 4.75. The van der Waals surface area contributed by atoms with Crippen molar-refractivity contribution in [3.63, 3.8) is 0 Å². The van der Waals surface area contributed by atoms with Crippen LogP contribution in [0.5, 0.6) is 5.75 Å². The molecule has 1 aromatic rings. The van der Waals surface area contributed by atoms with Gasteiger partial charge in [0.25, 0.3) is 0 Å². The average Bonchev–Trinajstić information content (AvgIpc) is 2.22. The fraction of sp³-hybridized carbons (Fsp3) is 0.364. The quantitative estimate of drug-likeness (QED) is 0.848. The van der Waals surface area contributed by atoms with E-state index in [4.69, 9.17) is 0 Å². The van der Waals surface area contributed by atoms with E-state index >= 15 is 0 Å². The van der Waals surface area contributed by atoms with Crippen LogP contribution < -0.4 is 5.32 Å². The molecule has 0 aliphatic heterocycles. The Bertz CT molecular complexity index is 536. The van der Waals surface area contributed by atoms with Gasteiger partial charge in [-0.05, 0) is 26.0 Å². The lowest BCUT2D eigenvalue weighted by Crippen LogP contribution is -2.31. The van der Waals surface area contributed by atoms with Crippen molar-refractivity contribution in [3.05, 3.63) is 23.8 Å². The third-order valence-corrected chi connectivity index (χ3v) is 4.07. The molecular weight excluding hydrogens is 242 g/mol. The largest absolute Gasteiger partial charge is 0.508 e. The lowest BCUT2D eigenvalue weighted by atomic mass is 10.2. The molecule has 1 atom stereocenters. The number of hydrogen-bond acceptors (Lipinski definition) is 4. The molecule has 17 heavy (non-hydrogen) atoms. The molecule has 94 valence electrons. The van der Waals surface area contributed by atoms with Gasteiger partial charge in [-0.25, -0.2) is 8.42 Å². The van der Waals surface area contributed by atoms with Gasteiger partial charge in [0.15, 0.2) is 9.84 Å². The number of anilines is 1. The molecule has 0 spiro atoms. The van der Waals surface area contributed by atoms with Crippen LogP contribution in [0.3, 0.4) is 0 Å². The molecule has 0 fully saturated rings. The first-order chi connectivity index (χ1) is 7.73. The van der Waals surface area contributed by atoms with Crippen LogP contribution >= 0.6 is 0 Å². The molecule has 6 heteroatoms. The van der Waals surface area contributed by atoms with Crippen LogP contribution in [0.4, 0.5) is 5.69 Å². The number of amides is 1. The maximum Gasteiger partial charge on any atom is 0.242 e. The van der Waals surface area contributed by atoms with Gasteiger partial charge in [-0.15, -0.1) is 0 Å². The highest BCUT2D eigenvalue weighted by Crippen LogP contribution is 2.24. The molecule has 5 nitrogen and oxygen atoms in total. The summed E-state index contributed by atoms with van der Waals surface area (Å²) in [7, 11) is -3.42. The lowest BCUT2D eigenvalue weighted by Gasteiger charge is -2.12. The number of aromatic hydroxyl groups is 1. The highest BCUT2D eigenvalue weighted by atomic mass is 32.2. The predicted octanol–water partition coefficient (Wildman–Crippen LogP) is 1.07. The highest BCUT2D eigenvalue weighted by Gasteiger charge is 2.23. The molecule has 0 bridgehead atoms. The zero-order valence-corrected chi connectivity index (χ0v) is 10.7. The van der Waals surface area contributed by atoms with E-state index in [1.165, 1.54) is 13.0 Å². The first-order valence-electron chi connectivity index (χ1n) is 5.02. The van der Waals surface area contributed by atoms with Crippen molar-refractivity contribution < 1.29 is 18.3 Å². The van der Waals surface area contributed by atoms with E-state index in [0.717, 1.165) is 6.26 Å². The Morgan fingerprint density at radius 3 is 2.53 bits per heavy atom. The summed E-state index contributed by atoms with van der Waals surface area (Å²) in [6.07, 6.45) is 1.01. The minimum atomic E-state index is -3.42. The van der Waals surface area contributed by atoms with Gasteiger partial charge >= 0.3 is 0 Å². The summed E-state index contributed by atoms with van der Waals surface area (Å²) in [6, 6.07) is 4.66. The molecule has 0 saturated heterocycles. The van der Waals surface area contributed by atoms with Crippen LogP contribution in [0, 0.1) is 6.92 Å². The summed E-state index contributed by atoms with van der Waals surface area (Å²) in [4.78, 5) is 11.7. The summed E-state index contributed by atoms with van der Waals surface area (Å²) in [5, 5.41) is 10.8. The van der Waals surface area contributed by atoms with E-state index in [1.54, 1.807) is 19.1 Å². The van der Waals surface area contributed by atoms with Crippen LogP contribution in [-0.2, 0) is 14.6 Å². The van der Waals surface area contributed by atoms with Crippen molar-refractivity contribution in [1.82, 2.24) is 0 Å². The maximum atomic E-state index is 11.7. The van der Waals surface area contributed by atoms with Crippen LogP contribution in [-0.4, -0.2) is 30.9 Å². The van der Waals surface area contributed by atoms with Crippen molar-refractivity contribution in [2.75, 3.05) is 11.6 Å². The second-order valence-corrected chi connectivity index (χ2v) is 6.28. The summed E-state index contributed by atoms with van der Waals surface area (Å²) < 4.78 is 22.4. The Labute approximate surface area is 100 Å². The van der Waals surface area contributed by atoms with Gasteiger partial charge in [0.2, 0.25) is 5.91 Å². The SMILES string of the molecule is Cc1c(O)cccc1NC(=O)C(C)S(C)(=O)=O. The summed E-state index contributed by atoms with van der Waals surface area (Å²) in [6.45, 7) is 2.96. The zero-order chi connectivity index (χ0) is 13.2. The number of benzene rings is 1. The maximum absolute atomic E-state index is 11.7. The number of phenols is 1. The molecule has 0 radical (unpaired) electrons. The van der Waals surface area contributed by atoms with E-state index in [-0.39, 0.29) is 5.75 Å². The standard InChI is InChI=1S/C11H15NO4S/c1-7-9(5-4-6-10(7)13)12-11(14)8(2)17(3,15)16/h4-6,8,13H,1-3H3,(H,12,14). The third-order valence-electron chi connectivity index (χ3n) is 2.57. The van der Waals surface area contributed by atoms with Crippen molar-refractivity contribution in [3.8, 4) is 5.75 Å². The number of nitrogens with one attached hydrogen (secondary N) is 1. The third kappa shape index (κ3) is 3.20. The monoisotopic (exact) mass is 257 g/mol. The molecule has 0 saturated carbocycles. The number of carbonyl (C=O) groups is 1. The minimum absolute atomic E-state index is 0.0507. The van der Waals surface area contributed by atoms with Gasteiger partial charge in [-0.2, -0.15) is 0 Å². The predicted molar refractivity (Wildman–Crippen MR) is 65.8 cm³/mol. The van der Waals surface area contributed by atoms with E-state index in [9.17, 15) is 18.3 Å². The smallest absolute Gasteiger partial charge is 0.242 e. The number of sulfone groups is 1. The van der Waals surface area contributed by atoms with Crippen LogP contribution in [0.1, 0.15) is 12.5 Å². The topological polar surface area (TPSA) is 83.5 Å². The Hall–Kier alpha value is -1.56. The van der Waals surface area contributed by atoms with E-state index in [1.807, 2.05) is 0 Å². The Morgan fingerprint density at radius 1 is 1.41 bits per heavy atom. The van der Waals surface area contributed by atoms with Crippen molar-refractivity contribution >= 4 is 21.4 Å². The molecular formula is C11H15NO4S. The first-order valence-corrected chi connectivity index (χ1v) is 6.97. The average molecular weight is 257 g/mol. The molecule has 1 rings (SSSR count). The first kappa shape index (κ1) is 13.5. The van der Waals surface area contributed by atoms with Crippen LogP contribution in [0.25, 0.3) is 0 Å². The number of rotatable bonds is 3. The van der Waals surface area contributed by atoms with Crippen LogP contribution in [0.15, 0.2) is 18.2 Å². The van der Waals surface area contributed by atoms with Crippen molar-refractivity contribution in [2.45, 2.75) is 19.1 Å². The molecule has 1 unspecified atom stereocenters. The molecule has 0 heterocycles. The van der Waals surface area contributed by atoms with Crippen molar-refractivity contribution in [2.24, 2.45) is 0 Å². The second-order valence-electron chi connectivity index (χ2n) is 3.91. The number of phenolic OH excluding ortho intramolecular Hbond substituents is 1. The molecule has 0 aliphatic carbocycles. The van der Waals surface area contributed by atoms with Gasteiger partial charge < -0.3 is 10.4 Å². The van der Waals surface area contributed by atoms with Crippen molar-refractivity contribution in [1.29, 1.82) is 0 Å². The molecule has 1 aromatic carbocycles. The Balaban J connectivity index is 2.93. The van der Waals surface area contributed by atoms with E-state index in [2.05, 4.69) is 5.32 Å².